The van der Waals surface area contributed by atoms with Crippen LogP contribution in [0.3, 0.4) is 0 Å². The number of aromatic nitrogens is 2. The van der Waals surface area contributed by atoms with Crippen molar-refractivity contribution in [1.29, 1.82) is 0 Å². The van der Waals surface area contributed by atoms with Crippen LogP contribution < -0.4 is 10.6 Å². The molecular formula is C13H14N4O3S. The van der Waals surface area contributed by atoms with Gasteiger partial charge in [0, 0.05) is 11.6 Å². The number of urea groups is 1. The van der Waals surface area contributed by atoms with E-state index in [1.807, 2.05) is 0 Å². The first-order chi connectivity index (χ1) is 9.97. The number of carbonyl (C=O) groups is 2. The largest absolute Gasteiger partial charge is 0.476 e. The van der Waals surface area contributed by atoms with Gasteiger partial charge in [-0.1, -0.05) is 0 Å². The number of amides is 2. The highest BCUT2D eigenvalue weighted by Gasteiger charge is 2.16. The van der Waals surface area contributed by atoms with E-state index in [2.05, 4.69) is 20.6 Å². The molecule has 2 rings (SSSR count). The highest BCUT2D eigenvalue weighted by Crippen LogP contribution is 2.18. The van der Waals surface area contributed by atoms with Crippen molar-refractivity contribution in [3.05, 3.63) is 40.1 Å². The minimum Gasteiger partial charge on any atom is -0.476 e. The van der Waals surface area contributed by atoms with E-state index < -0.39 is 12.0 Å². The monoisotopic (exact) mass is 306 g/mol. The molecule has 0 aliphatic heterocycles. The lowest BCUT2D eigenvalue weighted by molar-refractivity contribution is 0.0691. The van der Waals surface area contributed by atoms with Gasteiger partial charge in [-0.3, -0.25) is 4.98 Å². The number of nitrogens with one attached hydrogen (secondary N) is 2. The summed E-state index contributed by atoms with van der Waals surface area (Å²) >= 11 is 1.19. The lowest BCUT2D eigenvalue weighted by Gasteiger charge is -2.13. The van der Waals surface area contributed by atoms with Crippen molar-refractivity contribution in [1.82, 2.24) is 15.3 Å². The number of rotatable bonds is 4. The molecule has 8 heteroatoms. The number of pyridine rings is 1. The van der Waals surface area contributed by atoms with Crippen LogP contribution in [0.5, 0.6) is 0 Å². The fourth-order valence-electron chi connectivity index (χ4n) is 1.62. The Morgan fingerprint density at radius 3 is 2.81 bits per heavy atom. The van der Waals surface area contributed by atoms with Crippen LogP contribution in [0.2, 0.25) is 0 Å². The summed E-state index contributed by atoms with van der Waals surface area (Å²) in [5, 5.41) is 16.2. The lowest BCUT2D eigenvalue weighted by Crippen LogP contribution is -2.31. The molecule has 0 aliphatic rings. The van der Waals surface area contributed by atoms with Crippen LogP contribution in [0.25, 0.3) is 0 Å². The highest BCUT2D eigenvalue weighted by molar-refractivity contribution is 7.09. The fraction of sp³-hybridized carbons (Fsp3) is 0.231. The minimum atomic E-state index is -1.08. The number of carboxylic acid groups (broad SMARTS) is 1. The van der Waals surface area contributed by atoms with E-state index in [0.29, 0.717) is 16.4 Å². The van der Waals surface area contributed by atoms with Gasteiger partial charge < -0.3 is 15.7 Å². The van der Waals surface area contributed by atoms with Gasteiger partial charge in [0.05, 0.1) is 17.4 Å². The van der Waals surface area contributed by atoms with Crippen molar-refractivity contribution in [2.24, 2.45) is 0 Å². The quantitative estimate of drug-likeness (QED) is 0.804. The van der Waals surface area contributed by atoms with E-state index in [1.54, 1.807) is 32.2 Å². The summed E-state index contributed by atoms with van der Waals surface area (Å²) in [6.45, 7) is 3.53. The van der Waals surface area contributed by atoms with E-state index in [0.717, 1.165) is 0 Å². The molecule has 110 valence electrons. The fourth-order valence-corrected chi connectivity index (χ4v) is 2.42. The van der Waals surface area contributed by atoms with Crippen LogP contribution in [-0.4, -0.2) is 27.1 Å². The number of carbonyl (C=O) groups excluding carboxylic acids is 1. The maximum absolute atomic E-state index is 11.9. The number of thiazole rings is 1. The Bertz CT molecular complexity index is 671. The van der Waals surface area contributed by atoms with Crippen LogP contribution in [-0.2, 0) is 0 Å². The second-order valence-electron chi connectivity index (χ2n) is 4.33. The van der Waals surface area contributed by atoms with Gasteiger partial charge >= 0.3 is 12.0 Å². The van der Waals surface area contributed by atoms with Gasteiger partial charge in [0.25, 0.3) is 0 Å². The molecule has 0 aromatic carbocycles. The molecule has 0 spiro atoms. The Labute approximate surface area is 125 Å². The Balaban J connectivity index is 1.98. The van der Waals surface area contributed by atoms with Crippen LogP contribution in [0.1, 0.15) is 34.2 Å². The summed E-state index contributed by atoms with van der Waals surface area (Å²) in [5.41, 5.74) is 1.31. The molecule has 2 aromatic rings. The van der Waals surface area contributed by atoms with Crippen molar-refractivity contribution in [3.63, 3.8) is 0 Å². The summed E-state index contributed by atoms with van der Waals surface area (Å²) in [6.07, 6.45) is 1.64. The van der Waals surface area contributed by atoms with Crippen molar-refractivity contribution in [3.8, 4) is 0 Å². The molecule has 0 aliphatic carbocycles. The van der Waals surface area contributed by atoms with Gasteiger partial charge in [0.15, 0.2) is 5.69 Å². The maximum atomic E-state index is 11.9. The smallest absolute Gasteiger partial charge is 0.355 e. The number of hydrogen-bond donors (Lipinski definition) is 3. The van der Waals surface area contributed by atoms with Crippen molar-refractivity contribution < 1.29 is 14.7 Å². The molecule has 3 N–H and O–H groups in total. The number of nitrogens with zero attached hydrogens (tertiary/aromatic N) is 2. The molecule has 1 atom stereocenters. The van der Waals surface area contributed by atoms with Gasteiger partial charge in [0.2, 0.25) is 0 Å². The molecule has 1 unspecified atom stereocenters. The second kappa shape index (κ2) is 6.31. The lowest BCUT2D eigenvalue weighted by atomic mass is 10.3. The Morgan fingerprint density at radius 2 is 2.19 bits per heavy atom. The maximum Gasteiger partial charge on any atom is 0.355 e. The van der Waals surface area contributed by atoms with E-state index >= 15 is 0 Å². The molecule has 2 heterocycles. The average Bonchev–Trinajstić information content (AvgIpc) is 2.91. The highest BCUT2D eigenvalue weighted by atomic mass is 32.1. The van der Waals surface area contributed by atoms with Crippen molar-refractivity contribution in [2.45, 2.75) is 19.9 Å². The second-order valence-corrected chi connectivity index (χ2v) is 5.22. The molecule has 0 radical (unpaired) electrons. The molecule has 0 fully saturated rings. The average molecular weight is 306 g/mol. The Kier molecular flexibility index (Phi) is 4.49. The first-order valence-electron chi connectivity index (χ1n) is 6.15. The number of hydrogen-bond acceptors (Lipinski definition) is 5. The van der Waals surface area contributed by atoms with Gasteiger partial charge in [-0.15, -0.1) is 11.3 Å². The predicted molar refractivity (Wildman–Crippen MR) is 78.6 cm³/mol. The third kappa shape index (κ3) is 3.76. The Hall–Kier alpha value is -2.48. The third-order valence-electron chi connectivity index (χ3n) is 2.71. The summed E-state index contributed by atoms with van der Waals surface area (Å²) < 4.78 is 0. The number of aryl methyl sites for hydroxylation is 1. The van der Waals surface area contributed by atoms with Gasteiger partial charge in [0.1, 0.15) is 5.01 Å². The normalized spacial score (nSPS) is 11.7. The van der Waals surface area contributed by atoms with Crippen LogP contribution in [0, 0.1) is 6.92 Å². The first kappa shape index (κ1) is 14.9. The van der Waals surface area contributed by atoms with Crippen molar-refractivity contribution in [2.75, 3.05) is 5.32 Å². The van der Waals surface area contributed by atoms with Crippen molar-refractivity contribution >= 4 is 29.0 Å². The van der Waals surface area contributed by atoms with E-state index in [-0.39, 0.29) is 11.7 Å². The standard InChI is InChI=1S/C13H14N4O3S/c1-7-9(4-3-5-14-7)17-13(20)15-8(2)11-16-10(6-21-11)12(18)19/h3-6,8H,1-2H3,(H,18,19)(H2,15,17,20). The zero-order valence-corrected chi connectivity index (χ0v) is 12.3. The first-order valence-corrected chi connectivity index (χ1v) is 7.03. The zero-order valence-electron chi connectivity index (χ0n) is 11.5. The van der Waals surface area contributed by atoms with Crippen LogP contribution in [0.4, 0.5) is 10.5 Å². The molecule has 21 heavy (non-hydrogen) atoms. The molecule has 0 bridgehead atoms. The summed E-state index contributed by atoms with van der Waals surface area (Å²) in [5.74, 6) is -1.08. The van der Waals surface area contributed by atoms with Gasteiger partial charge in [-0.05, 0) is 26.0 Å². The number of aromatic carboxylic acids is 1. The molecule has 7 nitrogen and oxygen atoms in total. The summed E-state index contributed by atoms with van der Waals surface area (Å²) in [6, 6.07) is 2.69. The number of anilines is 1. The van der Waals surface area contributed by atoms with Crippen LogP contribution in [0.15, 0.2) is 23.7 Å². The Morgan fingerprint density at radius 1 is 1.43 bits per heavy atom. The van der Waals surface area contributed by atoms with Crippen LogP contribution >= 0.6 is 11.3 Å². The van der Waals surface area contributed by atoms with E-state index in [1.165, 1.54) is 16.7 Å². The summed E-state index contributed by atoms with van der Waals surface area (Å²) in [4.78, 5) is 30.7. The molecule has 2 aromatic heterocycles. The number of carboxylic acids is 1. The van der Waals surface area contributed by atoms with Gasteiger partial charge in [-0.25, -0.2) is 14.6 Å². The van der Waals surface area contributed by atoms with Gasteiger partial charge in [-0.2, -0.15) is 0 Å². The molecule has 0 saturated heterocycles. The summed E-state index contributed by atoms with van der Waals surface area (Å²) in [7, 11) is 0. The van der Waals surface area contributed by atoms with E-state index in [9.17, 15) is 9.59 Å². The molecule has 0 saturated carbocycles. The van der Waals surface area contributed by atoms with E-state index in [4.69, 9.17) is 5.11 Å². The molecular weight excluding hydrogens is 292 g/mol. The molecule has 2 amide bonds. The minimum absolute atomic E-state index is 0.0211. The topological polar surface area (TPSA) is 104 Å². The SMILES string of the molecule is Cc1ncccc1NC(=O)NC(C)c1nc(C(=O)O)cs1. The zero-order chi connectivity index (χ0) is 15.4. The third-order valence-corrected chi connectivity index (χ3v) is 3.74. The predicted octanol–water partition coefficient (Wildman–Crippen LogP) is 2.43.